The van der Waals surface area contributed by atoms with Crippen LogP contribution in [0.25, 0.3) is 0 Å². The number of nitrogens with zero attached hydrogens (tertiary/aromatic N) is 2. The van der Waals surface area contributed by atoms with Gasteiger partial charge in [-0.15, -0.1) is 0 Å². The first-order valence-corrected chi connectivity index (χ1v) is 10.6. The van der Waals surface area contributed by atoms with Crippen LogP contribution in [0.4, 0.5) is 5.69 Å². The number of unbranched alkanes of at least 4 members (excludes halogenated alkanes) is 4. The van der Waals surface area contributed by atoms with Gasteiger partial charge in [-0.25, -0.2) is 0 Å². The monoisotopic (exact) mass is 363 g/mol. The topological polar surface area (TPSA) is 43.1 Å². The minimum Gasteiger partial charge on any atom is -0.324 e. The second-order valence-electron chi connectivity index (χ2n) is 7.68. The summed E-state index contributed by atoms with van der Waals surface area (Å²) in [7, 11) is 0. The molecule has 0 aromatic heterocycles. The zero-order chi connectivity index (χ0) is 19.3. The number of hydrogen-bond acceptors (Lipinski definition) is 2. The average molecular weight is 364 g/mol. The van der Waals surface area contributed by atoms with E-state index in [1.165, 1.54) is 87.6 Å². The van der Waals surface area contributed by atoms with E-state index in [4.69, 9.17) is 0 Å². The van der Waals surface area contributed by atoms with Crippen LogP contribution in [-0.4, -0.2) is 35.6 Å². The van der Waals surface area contributed by atoms with Crippen molar-refractivity contribution in [2.24, 2.45) is 0 Å². The summed E-state index contributed by atoms with van der Waals surface area (Å²) in [6.07, 6.45) is 11.3. The Balaban J connectivity index is 2.55. The van der Waals surface area contributed by atoms with Crippen molar-refractivity contribution in [3.8, 4) is 0 Å². The van der Waals surface area contributed by atoms with Gasteiger partial charge in [0.15, 0.2) is 0 Å². The van der Waals surface area contributed by atoms with E-state index >= 15 is 0 Å². The predicted molar refractivity (Wildman–Crippen MR) is 110 cm³/mol. The first-order chi connectivity index (χ1) is 12.6. The van der Waals surface area contributed by atoms with E-state index in [0.29, 0.717) is 0 Å². The van der Waals surface area contributed by atoms with Crippen LogP contribution in [0.3, 0.4) is 0 Å². The Bertz CT molecular complexity index is 478. The van der Waals surface area contributed by atoms with E-state index in [0.717, 1.165) is 6.42 Å². The predicted octanol–water partition coefficient (Wildman–Crippen LogP) is 6.13. The SMILES string of the molecule is CCCC[N+](CCCC)(CCCC)CCCCc1ccc([N+](=O)[O-])cc1. The maximum absolute atomic E-state index is 10.7. The van der Waals surface area contributed by atoms with Crippen molar-refractivity contribution in [1.82, 2.24) is 0 Å². The maximum atomic E-state index is 10.7. The number of quaternary nitrogens is 1. The van der Waals surface area contributed by atoms with Gasteiger partial charge in [0, 0.05) is 12.1 Å². The molecule has 0 aliphatic heterocycles. The normalized spacial score (nSPS) is 11.7. The molecular formula is C22H39N2O2+. The highest BCUT2D eigenvalue weighted by molar-refractivity contribution is 5.32. The van der Waals surface area contributed by atoms with Gasteiger partial charge in [0.25, 0.3) is 5.69 Å². The lowest BCUT2D eigenvalue weighted by Crippen LogP contribution is -2.50. The second-order valence-corrected chi connectivity index (χ2v) is 7.68. The number of nitro groups is 1. The van der Waals surface area contributed by atoms with Crippen LogP contribution in [-0.2, 0) is 6.42 Å². The fourth-order valence-corrected chi connectivity index (χ4v) is 3.71. The van der Waals surface area contributed by atoms with E-state index in [2.05, 4.69) is 20.8 Å². The second kappa shape index (κ2) is 12.9. The number of rotatable bonds is 15. The lowest BCUT2D eigenvalue weighted by molar-refractivity contribution is -0.929. The Morgan fingerprint density at radius 3 is 1.65 bits per heavy atom. The summed E-state index contributed by atoms with van der Waals surface area (Å²) in [5, 5.41) is 10.7. The molecule has 0 aliphatic carbocycles. The average Bonchev–Trinajstić information content (AvgIpc) is 2.66. The highest BCUT2D eigenvalue weighted by Gasteiger charge is 2.25. The fraction of sp³-hybridized carbons (Fsp3) is 0.727. The molecule has 0 aliphatic rings. The van der Waals surface area contributed by atoms with Crippen molar-refractivity contribution in [1.29, 1.82) is 0 Å². The molecule has 0 spiro atoms. The summed E-state index contributed by atoms with van der Waals surface area (Å²) in [6.45, 7) is 12.2. The Morgan fingerprint density at radius 1 is 0.769 bits per heavy atom. The van der Waals surface area contributed by atoms with Crippen molar-refractivity contribution in [2.45, 2.75) is 78.6 Å². The first kappa shape index (κ1) is 22.6. The van der Waals surface area contributed by atoms with Crippen LogP contribution in [0.5, 0.6) is 0 Å². The quantitative estimate of drug-likeness (QED) is 0.163. The molecular weight excluding hydrogens is 324 g/mol. The van der Waals surface area contributed by atoms with E-state index in [1.54, 1.807) is 12.1 Å². The van der Waals surface area contributed by atoms with E-state index in [1.807, 2.05) is 12.1 Å². The van der Waals surface area contributed by atoms with Crippen molar-refractivity contribution < 1.29 is 9.41 Å². The van der Waals surface area contributed by atoms with Crippen molar-refractivity contribution >= 4 is 5.69 Å². The molecule has 0 N–H and O–H groups in total. The van der Waals surface area contributed by atoms with Crippen LogP contribution < -0.4 is 0 Å². The molecule has 1 aromatic carbocycles. The molecule has 26 heavy (non-hydrogen) atoms. The van der Waals surface area contributed by atoms with E-state index in [-0.39, 0.29) is 10.6 Å². The standard InChI is InChI=1S/C22H39N2O2/c1-4-7-17-24(18-8-5-2,19-9-6-3)20-11-10-12-21-13-15-22(16-14-21)23(25)26/h13-16H,4-12,17-20H2,1-3H3/q+1. The van der Waals surface area contributed by atoms with Gasteiger partial charge in [0.2, 0.25) is 0 Å². The summed E-state index contributed by atoms with van der Waals surface area (Å²) in [4.78, 5) is 10.4. The summed E-state index contributed by atoms with van der Waals surface area (Å²) in [6, 6.07) is 7.07. The Hall–Kier alpha value is -1.42. The molecule has 0 saturated carbocycles. The number of benzene rings is 1. The van der Waals surface area contributed by atoms with Crippen molar-refractivity contribution in [3.63, 3.8) is 0 Å². The lowest BCUT2D eigenvalue weighted by Gasteiger charge is -2.39. The molecule has 0 bridgehead atoms. The van der Waals surface area contributed by atoms with Crippen LogP contribution in [0.2, 0.25) is 0 Å². The summed E-state index contributed by atoms with van der Waals surface area (Å²) in [5.74, 6) is 0. The highest BCUT2D eigenvalue weighted by Crippen LogP contribution is 2.18. The maximum Gasteiger partial charge on any atom is 0.269 e. The largest absolute Gasteiger partial charge is 0.324 e. The molecule has 0 atom stereocenters. The number of hydrogen-bond donors (Lipinski definition) is 0. The van der Waals surface area contributed by atoms with Gasteiger partial charge in [0.05, 0.1) is 31.1 Å². The Labute approximate surface area is 160 Å². The van der Waals surface area contributed by atoms with Gasteiger partial charge >= 0.3 is 0 Å². The fourth-order valence-electron chi connectivity index (χ4n) is 3.71. The highest BCUT2D eigenvalue weighted by atomic mass is 16.6. The Kier molecular flexibility index (Phi) is 11.2. The third kappa shape index (κ3) is 8.31. The molecule has 4 nitrogen and oxygen atoms in total. The zero-order valence-electron chi connectivity index (χ0n) is 17.2. The van der Waals surface area contributed by atoms with Gasteiger partial charge in [-0.2, -0.15) is 0 Å². The molecule has 1 aromatic rings. The minimum absolute atomic E-state index is 0.183. The molecule has 0 fully saturated rings. The summed E-state index contributed by atoms with van der Waals surface area (Å²) in [5.41, 5.74) is 1.40. The van der Waals surface area contributed by atoms with Gasteiger partial charge in [0.1, 0.15) is 0 Å². The third-order valence-corrected chi connectivity index (χ3v) is 5.45. The molecule has 0 unspecified atom stereocenters. The summed E-state index contributed by atoms with van der Waals surface area (Å²) >= 11 is 0. The molecule has 4 heteroatoms. The van der Waals surface area contributed by atoms with Gasteiger partial charge < -0.3 is 4.48 Å². The number of nitro benzene ring substituents is 1. The zero-order valence-corrected chi connectivity index (χ0v) is 17.2. The molecule has 1 rings (SSSR count). The van der Waals surface area contributed by atoms with E-state index in [9.17, 15) is 10.1 Å². The summed E-state index contributed by atoms with van der Waals surface area (Å²) < 4.78 is 1.30. The van der Waals surface area contributed by atoms with Crippen LogP contribution in [0.15, 0.2) is 24.3 Å². The number of non-ortho nitro benzene ring substituents is 1. The molecule has 0 amide bonds. The van der Waals surface area contributed by atoms with Gasteiger partial charge in [-0.3, -0.25) is 10.1 Å². The molecule has 0 radical (unpaired) electrons. The van der Waals surface area contributed by atoms with Crippen molar-refractivity contribution in [3.05, 3.63) is 39.9 Å². The molecule has 148 valence electrons. The third-order valence-electron chi connectivity index (χ3n) is 5.45. The number of aryl methyl sites for hydroxylation is 1. The first-order valence-electron chi connectivity index (χ1n) is 10.6. The van der Waals surface area contributed by atoms with Crippen LogP contribution in [0, 0.1) is 10.1 Å². The smallest absolute Gasteiger partial charge is 0.269 e. The van der Waals surface area contributed by atoms with E-state index < -0.39 is 0 Å². The van der Waals surface area contributed by atoms with Crippen molar-refractivity contribution in [2.75, 3.05) is 26.2 Å². The van der Waals surface area contributed by atoms with Gasteiger partial charge in [-0.1, -0.05) is 52.2 Å². The van der Waals surface area contributed by atoms with Crippen LogP contribution in [0.1, 0.15) is 77.7 Å². The lowest BCUT2D eigenvalue weighted by atomic mass is 10.1. The van der Waals surface area contributed by atoms with Crippen LogP contribution >= 0.6 is 0 Å². The molecule has 0 heterocycles. The minimum atomic E-state index is -0.329. The molecule has 0 saturated heterocycles. The Morgan fingerprint density at radius 2 is 1.23 bits per heavy atom. The van der Waals surface area contributed by atoms with Gasteiger partial charge in [-0.05, 0) is 44.1 Å².